The molecule has 7 heteroatoms. The molecule has 0 fully saturated rings. The van der Waals surface area contributed by atoms with Gasteiger partial charge in [0.25, 0.3) is 5.91 Å². The molecule has 0 radical (unpaired) electrons. The van der Waals surface area contributed by atoms with E-state index >= 15 is 0 Å². The van der Waals surface area contributed by atoms with Crippen LogP contribution in [0, 0.1) is 0 Å². The molecule has 0 saturated heterocycles. The minimum Gasteiger partial charge on any atom is -0.432 e. The normalized spacial score (nSPS) is 13.3. The largest absolute Gasteiger partial charge is 0.432 e. The predicted molar refractivity (Wildman–Crippen MR) is 52.0 cm³/mol. The summed E-state index contributed by atoms with van der Waals surface area (Å²) >= 11 is 0. The number of carbonyl (C=O) groups excluding carboxylic acids is 1. The number of alkyl halides is 1. The first-order valence-corrected chi connectivity index (χ1v) is 5.97. The second-order valence-corrected chi connectivity index (χ2v) is 4.36. The number of rotatable bonds is 7. The Labute approximate surface area is 87.7 Å². The maximum atomic E-state index is 13.4. The molecule has 1 unspecified atom stereocenters. The lowest BCUT2D eigenvalue weighted by Gasteiger charge is -2.18. The van der Waals surface area contributed by atoms with Crippen molar-refractivity contribution in [2.45, 2.75) is 19.8 Å². The molecule has 0 amide bonds. The van der Waals surface area contributed by atoms with Crippen LogP contribution < -0.4 is 0 Å². The van der Waals surface area contributed by atoms with Gasteiger partial charge in [0.2, 0.25) is 0 Å². The lowest BCUT2D eigenvalue weighted by molar-refractivity contribution is -0.141. The second-order valence-electron chi connectivity index (χ2n) is 2.31. The van der Waals surface area contributed by atoms with Crippen LogP contribution in [0.2, 0.25) is 0 Å². The highest BCUT2D eigenvalue weighted by Gasteiger charge is 2.42. The average Bonchev–Trinajstić information content (AvgIpc) is 2.17. The summed E-state index contributed by atoms with van der Waals surface area (Å²) in [6.45, 7) is 6.04. The predicted octanol–water partition coefficient (Wildman–Crippen LogP) is 2.23. The van der Waals surface area contributed by atoms with Gasteiger partial charge in [-0.15, -0.1) is 0 Å². The van der Waals surface area contributed by atoms with Gasteiger partial charge in [0.15, 0.2) is 0 Å². The standard InChI is InChI=1S/C8H14FO5P/c1-4-12-8(10)7(9)15(11,13-5-2)14-6-3/h4,7H,1,5-6H2,2-3H3. The minimum absolute atomic E-state index is 0.0287. The lowest BCUT2D eigenvalue weighted by atomic mass is 10.8. The van der Waals surface area contributed by atoms with Gasteiger partial charge in [0.05, 0.1) is 19.5 Å². The summed E-state index contributed by atoms with van der Waals surface area (Å²) in [5, 5.41) is 0. The van der Waals surface area contributed by atoms with Crippen LogP contribution in [0.4, 0.5) is 4.39 Å². The van der Waals surface area contributed by atoms with E-state index in [1.165, 1.54) is 13.8 Å². The minimum atomic E-state index is -4.09. The van der Waals surface area contributed by atoms with Crippen LogP contribution in [-0.2, 0) is 23.1 Å². The van der Waals surface area contributed by atoms with E-state index in [0.717, 1.165) is 6.26 Å². The lowest BCUT2D eigenvalue weighted by Crippen LogP contribution is -2.20. The number of hydrogen-bond acceptors (Lipinski definition) is 5. The average molecular weight is 240 g/mol. The Hall–Kier alpha value is -0.710. The van der Waals surface area contributed by atoms with E-state index in [1.54, 1.807) is 0 Å². The first-order chi connectivity index (χ1) is 7.01. The quantitative estimate of drug-likeness (QED) is 0.388. The van der Waals surface area contributed by atoms with E-state index in [2.05, 4.69) is 20.4 Å². The zero-order valence-electron chi connectivity index (χ0n) is 8.64. The summed E-state index contributed by atoms with van der Waals surface area (Å²) in [6, 6.07) is 0. The molecular formula is C8H14FO5P. The van der Waals surface area contributed by atoms with Crippen molar-refractivity contribution in [3.8, 4) is 0 Å². The van der Waals surface area contributed by atoms with Gasteiger partial charge in [-0.3, -0.25) is 4.57 Å². The fourth-order valence-corrected chi connectivity index (χ4v) is 2.17. The molecule has 0 aromatic heterocycles. The van der Waals surface area contributed by atoms with Crippen LogP contribution in [-0.4, -0.2) is 25.1 Å². The van der Waals surface area contributed by atoms with Crippen molar-refractivity contribution >= 4 is 13.6 Å². The highest BCUT2D eigenvalue weighted by Crippen LogP contribution is 2.53. The van der Waals surface area contributed by atoms with Crippen molar-refractivity contribution in [1.29, 1.82) is 0 Å². The molecule has 88 valence electrons. The van der Waals surface area contributed by atoms with Gasteiger partial charge in [0, 0.05) is 0 Å². The van der Waals surface area contributed by atoms with Gasteiger partial charge >= 0.3 is 13.6 Å². The van der Waals surface area contributed by atoms with Crippen molar-refractivity contribution < 1.29 is 27.5 Å². The fourth-order valence-electron chi connectivity index (χ4n) is 0.795. The third-order valence-corrected chi connectivity index (χ3v) is 3.29. The number of esters is 1. The molecule has 0 aromatic carbocycles. The van der Waals surface area contributed by atoms with Crippen molar-refractivity contribution in [2.24, 2.45) is 0 Å². The van der Waals surface area contributed by atoms with Crippen molar-refractivity contribution in [3.63, 3.8) is 0 Å². The van der Waals surface area contributed by atoms with E-state index < -0.39 is 19.5 Å². The number of hydrogen-bond donors (Lipinski definition) is 0. The molecule has 0 bridgehead atoms. The van der Waals surface area contributed by atoms with E-state index in [1.807, 2.05) is 0 Å². The van der Waals surface area contributed by atoms with Gasteiger partial charge in [-0.05, 0) is 13.8 Å². The third kappa shape index (κ3) is 4.11. The highest BCUT2D eigenvalue weighted by molar-refractivity contribution is 7.55. The summed E-state index contributed by atoms with van der Waals surface area (Å²) in [5.74, 6) is -3.79. The Morgan fingerprint density at radius 1 is 1.47 bits per heavy atom. The van der Waals surface area contributed by atoms with E-state index in [0.29, 0.717) is 0 Å². The molecular weight excluding hydrogens is 226 g/mol. The molecule has 0 aliphatic carbocycles. The zero-order chi connectivity index (χ0) is 11.9. The summed E-state index contributed by atoms with van der Waals surface area (Å²) in [7, 11) is -4.09. The Morgan fingerprint density at radius 2 is 1.93 bits per heavy atom. The summed E-state index contributed by atoms with van der Waals surface area (Å²) in [4.78, 5) is 10.9. The van der Waals surface area contributed by atoms with Gasteiger partial charge in [-0.1, -0.05) is 6.58 Å². The van der Waals surface area contributed by atoms with E-state index in [9.17, 15) is 13.8 Å². The maximum absolute atomic E-state index is 13.4. The first kappa shape index (κ1) is 14.3. The molecule has 0 heterocycles. The Kier molecular flexibility index (Phi) is 6.40. The molecule has 0 N–H and O–H groups in total. The van der Waals surface area contributed by atoms with Gasteiger partial charge in [0.1, 0.15) is 0 Å². The second kappa shape index (κ2) is 6.71. The zero-order valence-corrected chi connectivity index (χ0v) is 9.54. The SMILES string of the molecule is C=COC(=O)C(F)P(=O)(OCC)OCC. The Balaban J connectivity index is 4.67. The van der Waals surface area contributed by atoms with Crippen molar-refractivity contribution in [2.75, 3.05) is 13.2 Å². The number of ether oxygens (including phenoxy) is 1. The third-order valence-electron chi connectivity index (χ3n) is 1.29. The van der Waals surface area contributed by atoms with Crippen LogP contribution in [0.25, 0.3) is 0 Å². The van der Waals surface area contributed by atoms with Crippen LogP contribution in [0.3, 0.4) is 0 Å². The molecule has 0 saturated carbocycles. The first-order valence-electron chi connectivity index (χ1n) is 4.36. The Morgan fingerprint density at radius 3 is 2.27 bits per heavy atom. The number of carbonyl (C=O) groups is 1. The summed E-state index contributed by atoms with van der Waals surface area (Å²) < 4.78 is 38.5. The van der Waals surface area contributed by atoms with Gasteiger partial charge < -0.3 is 13.8 Å². The molecule has 0 aliphatic heterocycles. The monoisotopic (exact) mass is 240 g/mol. The van der Waals surface area contributed by atoms with Gasteiger partial charge in [-0.25, -0.2) is 9.18 Å². The van der Waals surface area contributed by atoms with Crippen molar-refractivity contribution in [3.05, 3.63) is 12.8 Å². The molecule has 0 rings (SSSR count). The summed E-state index contributed by atoms with van der Waals surface area (Å²) in [5.41, 5.74) is 0. The molecule has 15 heavy (non-hydrogen) atoms. The molecule has 0 spiro atoms. The fraction of sp³-hybridized carbons (Fsp3) is 0.625. The van der Waals surface area contributed by atoms with E-state index in [-0.39, 0.29) is 13.2 Å². The molecule has 5 nitrogen and oxygen atoms in total. The van der Waals surface area contributed by atoms with Crippen LogP contribution in [0.15, 0.2) is 12.8 Å². The van der Waals surface area contributed by atoms with E-state index in [4.69, 9.17) is 0 Å². The topological polar surface area (TPSA) is 61.8 Å². The molecule has 0 aromatic rings. The van der Waals surface area contributed by atoms with Crippen LogP contribution in [0.1, 0.15) is 13.8 Å². The van der Waals surface area contributed by atoms with Gasteiger partial charge in [-0.2, -0.15) is 0 Å². The highest BCUT2D eigenvalue weighted by atomic mass is 31.2. The smallest absolute Gasteiger partial charge is 0.376 e. The molecule has 1 atom stereocenters. The van der Waals surface area contributed by atoms with Crippen molar-refractivity contribution in [1.82, 2.24) is 0 Å². The number of halogens is 1. The summed E-state index contributed by atoms with van der Waals surface area (Å²) in [6.07, 6.45) is 0.747. The molecule has 0 aliphatic rings. The Bertz CT molecular complexity index is 258. The van der Waals surface area contributed by atoms with Crippen LogP contribution in [0.5, 0.6) is 0 Å². The maximum Gasteiger partial charge on any atom is 0.376 e. The van der Waals surface area contributed by atoms with Crippen LogP contribution >= 0.6 is 7.60 Å².